The van der Waals surface area contributed by atoms with Gasteiger partial charge in [0.1, 0.15) is 12.3 Å². The number of carbonyl (C=O) groups excluding carboxylic acids is 2. The summed E-state index contributed by atoms with van der Waals surface area (Å²) >= 11 is 0. The van der Waals surface area contributed by atoms with Gasteiger partial charge in [0.25, 0.3) is 0 Å². The number of sulfonamides is 1. The zero-order valence-corrected chi connectivity index (χ0v) is 19.2. The van der Waals surface area contributed by atoms with E-state index in [0.717, 1.165) is 36.7 Å². The normalized spacial score (nSPS) is 28.5. The van der Waals surface area contributed by atoms with Gasteiger partial charge in [-0.25, -0.2) is 13.6 Å². The molecule has 1 aromatic carbocycles. The molecule has 0 radical (unpaired) electrons. The lowest BCUT2D eigenvalue weighted by Gasteiger charge is -2.28. The second kappa shape index (κ2) is 9.48. The highest BCUT2D eigenvalue weighted by atomic mass is 32.2. The van der Waals surface area contributed by atoms with Crippen molar-refractivity contribution < 1.29 is 18.0 Å². The molecular weight excluding hydrogens is 444 g/mol. The third-order valence-electron chi connectivity index (χ3n) is 7.00. The van der Waals surface area contributed by atoms with Gasteiger partial charge >= 0.3 is 0 Å². The molecule has 0 spiro atoms. The number of hydrogen-bond acceptors (Lipinski definition) is 8. The lowest BCUT2D eigenvalue weighted by molar-refractivity contribution is -0.133. The molecule has 2 heterocycles. The molecular formula is C22H30N6O4S. The first-order valence-electron chi connectivity index (χ1n) is 11.3. The quantitative estimate of drug-likeness (QED) is 0.441. The molecule has 4 unspecified atom stereocenters. The number of aldehydes is 1. The van der Waals surface area contributed by atoms with Gasteiger partial charge in [-0.2, -0.15) is 5.26 Å². The number of fused-ring (bicyclic) bond motifs is 1. The highest BCUT2D eigenvalue weighted by Gasteiger charge is 2.38. The van der Waals surface area contributed by atoms with Crippen LogP contribution in [0.2, 0.25) is 0 Å². The molecule has 2 saturated heterocycles. The van der Waals surface area contributed by atoms with Crippen molar-refractivity contribution in [2.75, 3.05) is 19.6 Å². The van der Waals surface area contributed by atoms with Crippen LogP contribution in [-0.4, -0.2) is 74.2 Å². The third kappa shape index (κ3) is 4.95. The first-order valence-corrected chi connectivity index (χ1v) is 12.8. The maximum absolute atomic E-state index is 12.8. The minimum absolute atomic E-state index is 0.0370. The monoisotopic (exact) mass is 474 g/mol. The summed E-state index contributed by atoms with van der Waals surface area (Å²) in [6.45, 7) is 1.38. The van der Waals surface area contributed by atoms with E-state index in [1.807, 2.05) is 4.90 Å². The smallest absolute Gasteiger partial charge is 0.241 e. The number of carbonyl (C=O) groups is 2. The molecule has 4 rings (SSSR count). The fourth-order valence-electron chi connectivity index (χ4n) is 5.34. The number of primary sulfonamides is 1. The number of aryl methyl sites for hydroxylation is 1. The number of rotatable bonds is 7. The number of likely N-dealkylation sites (tertiary alicyclic amines) is 2. The van der Waals surface area contributed by atoms with Gasteiger partial charge in [0.15, 0.2) is 0 Å². The second-order valence-corrected chi connectivity index (χ2v) is 10.7. The fraction of sp³-hybridized carbons (Fsp3) is 0.591. The van der Waals surface area contributed by atoms with Gasteiger partial charge in [0, 0.05) is 31.7 Å². The average molecular weight is 475 g/mol. The minimum Gasteiger partial charge on any atom is -0.325 e. The lowest BCUT2D eigenvalue weighted by Crippen LogP contribution is -2.52. The largest absolute Gasteiger partial charge is 0.325 e. The predicted molar refractivity (Wildman–Crippen MR) is 120 cm³/mol. The second-order valence-electron chi connectivity index (χ2n) is 9.18. The number of nitrogens with zero attached hydrogens (tertiary/aromatic N) is 3. The Hall–Kier alpha value is -2.36. The summed E-state index contributed by atoms with van der Waals surface area (Å²) in [5, 5.41) is 18.1. The van der Waals surface area contributed by atoms with Crippen molar-refractivity contribution in [2.45, 2.75) is 67.2 Å². The molecule has 5 N–H and O–H groups in total. The van der Waals surface area contributed by atoms with Crippen LogP contribution in [0.25, 0.3) is 0 Å². The zero-order chi connectivity index (χ0) is 23.8. The Morgan fingerprint density at radius 2 is 2.15 bits per heavy atom. The number of nitrogens with one attached hydrogen (secondary N) is 1. The molecule has 11 heteroatoms. The van der Waals surface area contributed by atoms with Crippen molar-refractivity contribution in [3.63, 3.8) is 0 Å². The van der Waals surface area contributed by atoms with Crippen LogP contribution in [-0.2, 0) is 26.0 Å². The molecule has 10 nitrogen and oxygen atoms in total. The Morgan fingerprint density at radius 1 is 1.36 bits per heavy atom. The standard InChI is InChI=1S/C22H30N6O4S/c23-10-16-2-1-7-28(16)22(30)20(24)12-27-11-15(9-17(27)13-29)26-21-6-3-14-8-18(33(25,31)32)4-5-19(14)21/h4-5,8,13,15-17,20-21,26H,1-3,6-7,9,11-12,24H2,(H2,25,31,32)/t15-,16?,17?,20?,21?/m0/s1. The van der Waals surface area contributed by atoms with Crippen LogP contribution in [0.5, 0.6) is 0 Å². The molecule has 33 heavy (non-hydrogen) atoms. The Balaban J connectivity index is 1.38. The number of nitriles is 1. The molecule has 2 fully saturated rings. The summed E-state index contributed by atoms with van der Waals surface area (Å²) in [5.74, 6) is -0.240. The van der Waals surface area contributed by atoms with E-state index >= 15 is 0 Å². The van der Waals surface area contributed by atoms with E-state index in [9.17, 15) is 23.3 Å². The summed E-state index contributed by atoms with van der Waals surface area (Å²) in [7, 11) is -3.74. The van der Waals surface area contributed by atoms with Gasteiger partial charge in [-0.3, -0.25) is 9.69 Å². The van der Waals surface area contributed by atoms with Crippen LogP contribution < -0.4 is 16.2 Å². The van der Waals surface area contributed by atoms with E-state index in [-0.39, 0.29) is 35.5 Å². The molecule has 2 aliphatic heterocycles. The molecule has 3 aliphatic rings. The van der Waals surface area contributed by atoms with Crippen LogP contribution in [0.3, 0.4) is 0 Å². The van der Waals surface area contributed by atoms with Crippen molar-refractivity contribution in [1.82, 2.24) is 15.1 Å². The molecule has 1 amide bonds. The lowest BCUT2D eigenvalue weighted by atomic mass is 10.1. The first kappa shape index (κ1) is 23.8. The van der Waals surface area contributed by atoms with Crippen molar-refractivity contribution >= 4 is 22.2 Å². The molecule has 0 aromatic heterocycles. The van der Waals surface area contributed by atoms with Gasteiger partial charge in [-0.1, -0.05) is 6.07 Å². The Labute approximate surface area is 193 Å². The van der Waals surface area contributed by atoms with E-state index in [1.165, 1.54) is 6.07 Å². The van der Waals surface area contributed by atoms with Gasteiger partial charge < -0.3 is 20.7 Å². The van der Waals surface area contributed by atoms with Crippen molar-refractivity contribution in [1.29, 1.82) is 5.26 Å². The van der Waals surface area contributed by atoms with Crippen molar-refractivity contribution in [3.8, 4) is 6.07 Å². The maximum atomic E-state index is 12.8. The Bertz CT molecular complexity index is 1070. The number of benzene rings is 1. The van der Waals surface area contributed by atoms with Gasteiger partial charge in [-0.15, -0.1) is 0 Å². The zero-order valence-electron chi connectivity index (χ0n) is 18.4. The van der Waals surface area contributed by atoms with Gasteiger partial charge in [0.05, 0.1) is 23.0 Å². The van der Waals surface area contributed by atoms with Crippen molar-refractivity contribution in [2.24, 2.45) is 10.9 Å². The van der Waals surface area contributed by atoms with Crippen molar-refractivity contribution in [3.05, 3.63) is 29.3 Å². The number of hydrogen-bond donors (Lipinski definition) is 3. The SMILES string of the molecule is N#CC1CCCN1C(=O)C(N)CN1C[C@@H](NC2CCc3cc(S(N)(=O)=O)ccc32)CC1C=O. The van der Waals surface area contributed by atoms with E-state index < -0.39 is 22.1 Å². The molecule has 0 saturated carbocycles. The summed E-state index contributed by atoms with van der Waals surface area (Å²) in [6.07, 6.45) is 4.55. The summed E-state index contributed by atoms with van der Waals surface area (Å²) in [5.41, 5.74) is 8.21. The fourth-order valence-corrected chi connectivity index (χ4v) is 5.91. The average Bonchev–Trinajstić information content (AvgIpc) is 3.51. The minimum atomic E-state index is -3.74. The third-order valence-corrected chi connectivity index (χ3v) is 7.91. The van der Waals surface area contributed by atoms with Crippen LogP contribution in [0, 0.1) is 11.3 Å². The van der Waals surface area contributed by atoms with Gasteiger partial charge in [-0.05, 0) is 55.4 Å². The molecule has 1 aromatic rings. The Morgan fingerprint density at radius 3 is 2.85 bits per heavy atom. The summed E-state index contributed by atoms with van der Waals surface area (Å²) < 4.78 is 23.2. The van der Waals surface area contributed by atoms with E-state index in [0.29, 0.717) is 25.9 Å². The molecule has 0 bridgehead atoms. The van der Waals surface area contributed by atoms with Crippen LogP contribution in [0.1, 0.15) is 42.9 Å². The van der Waals surface area contributed by atoms with E-state index in [2.05, 4.69) is 11.4 Å². The number of amides is 1. The number of nitrogens with two attached hydrogens (primary N) is 2. The Kier molecular flexibility index (Phi) is 6.83. The van der Waals surface area contributed by atoms with E-state index in [4.69, 9.17) is 10.9 Å². The topological polar surface area (TPSA) is 163 Å². The van der Waals surface area contributed by atoms with Crippen LogP contribution >= 0.6 is 0 Å². The summed E-state index contributed by atoms with van der Waals surface area (Å²) in [4.78, 5) is 28.1. The maximum Gasteiger partial charge on any atom is 0.241 e. The van der Waals surface area contributed by atoms with E-state index in [1.54, 1.807) is 17.0 Å². The van der Waals surface area contributed by atoms with Crippen LogP contribution in [0.15, 0.2) is 23.1 Å². The molecule has 1 aliphatic carbocycles. The highest BCUT2D eigenvalue weighted by Crippen LogP contribution is 2.34. The first-order chi connectivity index (χ1) is 15.7. The molecule has 178 valence electrons. The predicted octanol–water partition coefficient (Wildman–Crippen LogP) is -0.605. The highest BCUT2D eigenvalue weighted by molar-refractivity contribution is 7.89. The summed E-state index contributed by atoms with van der Waals surface area (Å²) in [6, 6.07) is 5.68. The van der Waals surface area contributed by atoms with Gasteiger partial charge in [0.2, 0.25) is 15.9 Å². The van der Waals surface area contributed by atoms with Crippen LogP contribution in [0.4, 0.5) is 0 Å². The molecule has 5 atom stereocenters.